The molecular weight excluding hydrogens is 228 g/mol. The van der Waals surface area contributed by atoms with Crippen LogP contribution < -0.4 is 10.9 Å². The molecule has 0 aromatic carbocycles. The first-order chi connectivity index (χ1) is 6.75. The fraction of sp³-hybridized carbons (Fsp3) is 0.286. The molecule has 0 spiro atoms. The lowest BCUT2D eigenvalue weighted by atomic mass is 10.2. The molecule has 0 aliphatic carbocycles. The van der Waals surface area contributed by atoms with E-state index in [0.717, 1.165) is 6.20 Å². The van der Waals surface area contributed by atoms with Crippen molar-refractivity contribution in [2.75, 3.05) is 5.73 Å². The quantitative estimate of drug-likeness (QED) is 0.784. The second-order valence-corrected chi connectivity index (χ2v) is 4.41. The van der Waals surface area contributed by atoms with Crippen molar-refractivity contribution in [1.29, 1.82) is 0 Å². The maximum absolute atomic E-state index is 12.5. The topological polar surface area (TPSA) is 99.1 Å². The molecule has 1 heterocycles. The number of alkyl halides is 2. The summed E-state index contributed by atoms with van der Waals surface area (Å²) in [6.45, 7) is 1.31. The summed E-state index contributed by atoms with van der Waals surface area (Å²) in [5.41, 5.74) is 4.14. The van der Waals surface area contributed by atoms with Crippen molar-refractivity contribution in [2.45, 2.75) is 18.2 Å². The van der Waals surface area contributed by atoms with Gasteiger partial charge in [0.15, 0.2) is 0 Å². The Bertz CT molecular complexity index is 487. The molecule has 15 heavy (non-hydrogen) atoms. The van der Waals surface area contributed by atoms with Gasteiger partial charge in [-0.15, -0.1) is 0 Å². The molecule has 0 aliphatic heterocycles. The van der Waals surface area contributed by atoms with Crippen LogP contribution in [0.25, 0.3) is 0 Å². The second-order valence-electron chi connectivity index (χ2n) is 2.88. The lowest BCUT2D eigenvalue weighted by Gasteiger charge is -2.10. The third-order valence-electron chi connectivity index (χ3n) is 1.85. The van der Waals surface area contributed by atoms with E-state index in [9.17, 15) is 17.2 Å². The zero-order valence-electron chi connectivity index (χ0n) is 7.74. The van der Waals surface area contributed by atoms with Gasteiger partial charge >= 0.3 is 0 Å². The lowest BCUT2D eigenvalue weighted by molar-refractivity contribution is 0.150. The van der Waals surface area contributed by atoms with Crippen molar-refractivity contribution < 1.29 is 17.2 Å². The Labute approximate surface area is 85.2 Å². The van der Waals surface area contributed by atoms with Crippen molar-refractivity contribution >= 4 is 15.7 Å². The smallest absolute Gasteiger partial charge is 0.267 e. The molecule has 0 saturated carbocycles. The average Bonchev–Trinajstić information content (AvgIpc) is 2.00. The van der Waals surface area contributed by atoms with Crippen LogP contribution in [-0.4, -0.2) is 13.4 Å². The molecule has 0 radical (unpaired) electrons. The third-order valence-corrected chi connectivity index (χ3v) is 2.78. The zero-order chi connectivity index (χ0) is 11.8. The van der Waals surface area contributed by atoms with Crippen LogP contribution in [-0.2, 0) is 10.0 Å². The Kier molecular flexibility index (Phi) is 2.91. The fourth-order valence-electron chi connectivity index (χ4n) is 1.12. The number of aromatic nitrogens is 1. The van der Waals surface area contributed by atoms with Gasteiger partial charge in [0, 0.05) is 11.9 Å². The van der Waals surface area contributed by atoms with E-state index in [1.165, 1.54) is 6.92 Å². The van der Waals surface area contributed by atoms with E-state index in [0.29, 0.717) is 0 Å². The van der Waals surface area contributed by atoms with E-state index in [1.54, 1.807) is 0 Å². The molecule has 0 saturated heterocycles. The Morgan fingerprint density at radius 1 is 1.47 bits per heavy atom. The van der Waals surface area contributed by atoms with Gasteiger partial charge in [0.2, 0.25) is 10.0 Å². The summed E-state index contributed by atoms with van der Waals surface area (Å²) in [6, 6.07) is 0. The van der Waals surface area contributed by atoms with Gasteiger partial charge in [-0.1, -0.05) is 0 Å². The molecule has 1 aromatic heterocycles. The molecule has 1 rings (SSSR count). The van der Waals surface area contributed by atoms with Crippen molar-refractivity contribution in [3.8, 4) is 0 Å². The second kappa shape index (κ2) is 3.70. The number of anilines is 1. The molecule has 5 nitrogen and oxygen atoms in total. The molecule has 0 unspecified atom stereocenters. The van der Waals surface area contributed by atoms with Crippen molar-refractivity contribution in [3.05, 3.63) is 17.5 Å². The molecule has 0 amide bonds. The highest BCUT2D eigenvalue weighted by Crippen LogP contribution is 2.30. The minimum atomic E-state index is -4.13. The standard InChI is InChI=1S/C7H9F2N3O2S/c1-3-5(7(8)9)6(10)4(2-12-3)15(11,13)14/h2,7H,1H3,(H2,10,12)(H2,11,13,14). The first-order valence-electron chi connectivity index (χ1n) is 3.81. The molecule has 0 fully saturated rings. The molecule has 0 atom stereocenters. The van der Waals surface area contributed by atoms with Crippen LogP contribution in [0.5, 0.6) is 0 Å². The highest BCUT2D eigenvalue weighted by Gasteiger charge is 2.22. The molecular formula is C7H9F2N3O2S. The van der Waals surface area contributed by atoms with E-state index < -0.39 is 32.6 Å². The minimum Gasteiger partial charge on any atom is -0.397 e. The summed E-state index contributed by atoms with van der Waals surface area (Å²) < 4.78 is 46.9. The Hall–Kier alpha value is -1.28. The highest BCUT2D eigenvalue weighted by molar-refractivity contribution is 7.89. The van der Waals surface area contributed by atoms with E-state index in [1.807, 2.05) is 0 Å². The molecule has 4 N–H and O–H groups in total. The SMILES string of the molecule is Cc1ncc(S(N)(=O)=O)c(N)c1C(F)F. The number of nitrogen functional groups attached to an aromatic ring is 1. The number of rotatable bonds is 2. The Morgan fingerprint density at radius 2 is 2.00 bits per heavy atom. The molecule has 8 heteroatoms. The summed E-state index contributed by atoms with van der Waals surface area (Å²) in [5, 5.41) is 4.78. The summed E-state index contributed by atoms with van der Waals surface area (Å²) in [7, 11) is -4.13. The number of hydrogen-bond acceptors (Lipinski definition) is 4. The molecule has 1 aromatic rings. The predicted octanol–water partition coefficient (Wildman–Crippen LogP) is 0.557. The predicted molar refractivity (Wildman–Crippen MR) is 49.7 cm³/mol. The highest BCUT2D eigenvalue weighted by atomic mass is 32.2. The van der Waals surface area contributed by atoms with Gasteiger partial charge in [0.05, 0.1) is 11.3 Å². The zero-order valence-corrected chi connectivity index (χ0v) is 8.55. The summed E-state index contributed by atoms with van der Waals surface area (Å²) >= 11 is 0. The van der Waals surface area contributed by atoms with E-state index in [4.69, 9.17) is 10.9 Å². The number of primary sulfonamides is 1. The van der Waals surface area contributed by atoms with Gasteiger partial charge < -0.3 is 5.73 Å². The largest absolute Gasteiger partial charge is 0.397 e. The van der Waals surface area contributed by atoms with Crippen LogP contribution >= 0.6 is 0 Å². The van der Waals surface area contributed by atoms with Crippen LogP contribution in [0, 0.1) is 6.92 Å². The van der Waals surface area contributed by atoms with Crippen molar-refractivity contribution in [3.63, 3.8) is 0 Å². The lowest BCUT2D eigenvalue weighted by Crippen LogP contribution is -2.16. The van der Waals surface area contributed by atoms with Crippen LogP contribution in [0.15, 0.2) is 11.1 Å². The van der Waals surface area contributed by atoms with Gasteiger partial charge in [-0.3, -0.25) is 4.98 Å². The average molecular weight is 237 g/mol. The van der Waals surface area contributed by atoms with Gasteiger partial charge in [-0.25, -0.2) is 22.3 Å². The fourth-order valence-corrected chi connectivity index (χ4v) is 1.74. The summed E-state index contributed by atoms with van der Waals surface area (Å²) in [5.74, 6) is 0. The first kappa shape index (κ1) is 11.8. The third kappa shape index (κ3) is 2.21. The maximum atomic E-state index is 12.5. The monoisotopic (exact) mass is 237 g/mol. The maximum Gasteiger partial charge on any atom is 0.267 e. The number of sulfonamides is 1. The van der Waals surface area contributed by atoms with Crippen molar-refractivity contribution in [1.82, 2.24) is 4.98 Å². The van der Waals surface area contributed by atoms with Gasteiger partial charge in [0.1, 0.15) is 4.90 Å². The van der Waals surface area contributed by atoms with Crippen LogP contribution in [0.4, 0.5) is 14.5 Å². The van der Waals surface area contributed by atoms with Gasteiger partial charge in [-0.05, 0) is 6.92 Å². The van der Waals surface area contributed by atoms with Gasteiger partial charge in [-0.2, -0.15) is 0 Å². The number of nitrogens with zero attached hydrogens (tertiary/aromatic N) is 1. The summed E-state index contributed by atoms with van der Waals surface area (Å²) in [4.78, 5) is 2.93. The first-order valence-corrected chi connectivity index (χ1v) is 5.35. The molecule has 0 bridgehead atoms. The number of aryl methyl sites for hydroxylation is 1. The normalized spacial score (nSPS) is 12.1. The van der Waals surface area contributed by atoms with E-state index >= 15 is 0 Å². The minimum absolute atomic E-state index is 0.0186. The van der Waals surface area contributed by atoms with Crippen LogP contribution in [0.2, 0.25) is 0 Å². The van der Waals surface area contributed by atoms with Crippen LogP contribution in [0.1, 0.15) is 17.7 Å². The van der Waals surface area contributed by atoms with Gasteiger partial charge in [0.25, 0.3) is 6.43 Å². The van der Waals surface area contributed by atoms with Crippen molar-refractivity contribution in [2.24, 2.45) is 5.14 Å². The number of pyridine rings is 1. The van der Waals surface area contributed by atoms with E-state index in [2.05, 4.69) is 4.98 Å². The summed E-state index contributed by atoms with van der Waals surface area (Å²) in [6.07, 6.45) is -2.02. The Morgan fingerprint density at radius 3 is 2.40 bits per heavy atom. The number of halogens is 2. The van der Waals surface area contributed by atoms with E-state index in [-0.39, 0.29) is 5.69 Å². The molecule has 0 aliphatic rings. The number of nitrogens with two attached hydrogens (primary N) is 2. The number of hydrogen-bond donors (Lipinski definition) is 2. The van der Waals surface area contributed by atoms with Crippen LogP contribution in [0.3, 0.4) is 0 Å². The Balaban J connectivity index is 3.56. The molecule has 84 valence electrons.